The van der Waals surface area contributed by atoms with Crippen LogP contribution >= 0.6 is 0 Å². The molecule has 0 aliphatic heterocycles. The Morgan fingerprint density at radius 2 is 1.14 bits per heavy atom. The molecule has 8 aromatic rings. The average Bonchev–Trinajstić information content (AvgIpc) is 3.60. The van der Waals surface area contributed by atoms with Crippen LogP contribution in [0.4, 0.5) is 0 Å². The highest BCUT2D eigenvalue weighted by Crippen LogP contribution is 2.41. The number of benzene rings is 6. The van der Waals surface area contributed by atoms with Crippen molar-refractivity contribution in [3.63, 3.8) is 0 Å². The largest absolute Gasteiger partial charge is 0.309 e. The zero-order chi connectivity index (χ0) is 29.8. The van der Waals surface area contributed by atoms with Crippen molar-refractivity contribution < 1.29 is 0 Å². The van der Waals surface area contributed by atoms with Crippen LogP contribution < -0.4 is 0 Å². The summed E-state index contributed by atoms with van der Waals surface area (Å²) in [5.74, 6) is 0. The first kappa shape index (κ1) is 25.1. The van der Waals surface area contributed by atoms with Crippen LogP contribution in [0, 0.1) is 34.0 Å². The van der Waals surface area contributed by atoms with Gasteiger partial charge in [-0.2, -0.15) is 15.8 Å². The lowest BCUT2D eigenvalue weighted by molar-refractivity contribution is 1.17. The average molecular weight is 560 g/mol. The second-order valence-electron chi connectivity index (χ2n) is 10.8. The Balaban J connectivity index is 1.47. The van der Waals surface area contributed by atoms with Crippen molar-refractivity contribution in [3.05, 3.63) is 144 Å². The van der Waals surface area contributed by atoms with E-state index in [1.807, 2.05) is 72.8 Å². The number of rotatable bonds is 3. The third kappa shape index (κ3) is 3.63. The van der Waals surface area contributed by atoms with Gasteiger partial charge >= 0.3 is 0 Å². The quantitative estimate of drug-likeness (QED) is 0.216. The summed E-state index contributed by atoms with van der Waals surface area (Å²) in [6.45, 7) is 0. The zero-order valence-electron chi connectivity index (χ0n) is 23.4. The minimum absolute atomic E-state index is 0.577. The summed E-state index contributed by atoms with van der Waals surface area (Å²) in [7, 11) is 0. The van der Waals surface area contributed by atoms with Crippen LogP contribution in [-0.4, -0.2) is 9.13 Å². The fourth-order valence-electron chi connectivity index (χ4n) is 6.52. The SMILES string of the molecule is N#Cc1cccc(-n2c3ccccc3c3cccc(-c4ccc5c(c4)c4cc(C#N)ccc4n5-c4ccccc4C#N)c32)c1. The first-order valence-corrected chi connectivity index (χ1v) is 14.2. The molecule has 0 radical (unpaired) electrons. The topological polar surface area (TPSA) is 81.2 Å². The minimum Gasteiger partial charge on any atom is -0.309 e. The number of aromatic nitrogens is 2. The highest BCUT2D eigenvalue weighted by molar-refractivity contribution is 6.15. The van der Waals surface area contributed by atoms with Crippen LogP contribution in [0.1, 0.15) is 16.7 Å². The van der Waals surface area contributed by atoms with Gasteiger partial charge in [0.15, 0.2) is 0 Å². The van der Waals surface area contributed by atoms with Crippen LogP contribution in [-0.2, 0) is 0 Å². The van der Waals surface area contributed by atoms with E-state index < -0.39 is 0 Å². The number of hydrogen-bond donors (Lipinski definition) is 0. The number of fused-ring (bicyclic) bond motifs is 6. The van der Waals surface area contributed by atoms with Crippen molar-refractivity contribution >= 4 is 43.6 Å². The summed E-state index contributed by atoms with van der Waals surface area (Å²) >= 11 is 0. The van der Waals surface area contributed by atoms with Crippen LogP contribution in [0.25, 0.3) is 66.1 Å². The molecular formula is C39H21N5. The molecule has 44 heavy (non-hydrogen) atoms. The lowest BCUT2D eigenvalue weighted by Gasteiger charge is -2.13. The monoisotopic (exact) mass is 559 g/mol. The number of nitrogens with zero attached hydrogens (tertiary/aromatic N) is 5. The second kappa shape index (κ2) is 9.74. The molecular weight excluding hydrogens is 538 g/mol. The van der Waals surface area contributed by atoms with E-state index in [2.05, 4.69) is 81.9 Å². The van der Waals surface area contributed by atoms with Gasteiger partial charge in [0, 0.05) is 32.8 Å². The predicted octanol–water partition coefficient (Wildman–Crippen LogP) is 9.16. The van der Waals surface area contributed by atoms with E-state index in [9.17, 15) is 15.8 Å². The molecule has 0 saturated heterocycles. The Morgan fingerprint density at radius 1 is 0.455 bits per heavy atom. The molecule has 6 aromatic carbocycles. The van der Waals surface area contributed by atoms with E-state index in [4.69, 9.17) is 0 Å². The van der Waals surface area contributed by atoms with Gasteiger partial charge in [0.05, 0.1) is 56.6 Å². The molecule has 5 nitrogen and oxygen atoms in total. The van der Waals surface area contributed by atoms with Crippen molar-refractivity contribution in [2.45, 2.75) is 0 Å². The summed E-state index contributed by atoms with van der Waals surface area (Å²) in [5.41, 5.74) is 9.56. The van der Waals surface area contributed by atoms with Gasteiger partial charge in [-0.05, 0) is 72.3 Å². The predicted molar refractivity (Wildman–Crippen MR) is 175 cm³/mol. The highest BCUT2D eigenvalue weighted by atomic mass is 15.0. The molecule has 5 heteroatoms. The van der Waals surface area contributed by atoms with Gasteiger partial charge in [-0.3, -0.25) is 0 Å². The molecule has 2 aromatic heterocycles. The first-order chi connectivity index (χ1) is 21.7. The van der Waals surface area contributed by atoms with Crippen molar-refractivity contribution in [3.8, 4) is 40.7 Å². The molecule has 8 rings (SSSR count). The minimum atomic E-state index is 0.577. The molecule has 0 N–H and O–H groups in total. The van der Waals surface area contributed by atoms with Crippen LogP contribution in [0.15, 0.2) is 127 Å². The molecule has 0 aliphatic carbocycles. The summed E-state index contributed by atoms with van der Waals surface area (Å²) in [5, 5.41) is 33.5. The Labute approximate surface area is 252 Å². The second-order valence-corrected chi connectivity index (χ2v) is 10.8. The summed E-state index contributed by atoms with van der Waals surface area (Å²) in [6, 6.07) is 49.1. The van der Waals surface area contributed by atoms with Crippen molar-refractivity contribution in [2.24, 2.45) is 0 Å². The standard InChI is InChI=1S/C39H21N5/c40-22-25-7-5-9-29(19-25)43-36-14-4-2-10-31(36)32-12-6-11-30(39(32)43)27-16-18-38-34(21-27)33-20-26(23-41)15-17-37(33)44(38)35-13-3-1-8-28(35)24-42/h1-21H. The molecule has 0 atom stereocenters. The van der Waals surface area contributed by atoms with Gasteiger partial charge in [0.2, 0.25) is 0 Å². The fraction of sp³-hybridized carbons (Fsp3) is 0. The van der Waals surface area contributed by atoms with E-state index in [0.717, 1.165) is 66.1 Å². The highest BCUT2D eigenvalue weighted by Gasteiger charge is 2.19. The number of hydrogen-bond acceptors (Lipinski definition) is 3. The molecule has 0 spiro atoms. The van der Waals surface area contributed by atoms with Crippen molar-refractivity contribution in [1.29, 1.82) is 15.8 Å². The van der Waals surface area contributed by atoms with E-state index in [-0.39, 0.29) is 0 Å². The molecule has 0 aliphatic rings. The molecule has 0 unspecified atom stereocenters. The van der Waals surface area contributed by atoms with Crippen molar-refractivity contribution in [2.75, 3.05) is 0 Å². The maximum Gasteiger partial charge on any atom is 0.101 e. The zero-order valence-corrected chi connectivity index (χ0v) is 23.4. The van der Waals surface area contributed by atoms with Crippen LogP contribution in [0.2, 0.25) is 0 Å². The Kier molecular flexibility index (Phi) is 5.56. The molecule has 202 valence electrons. The maximum atomic E-state index is 9.92. The van der Waals surface area contributed by atoms with E-state index in [0.29, 0.717) is 16.7 Å². The van der Waals surface area contributed by atoms with Crippen molar-refractivity contribution in [1.82, 2.24) is 9.13 Å². The summed E-state index contributed by atoms with van der Waals surface area (Å²) in [6.07, 6.45) is 0. The Bertz CT molecular complexity index is 2600. The summed E-state index contributed by atoms with van der Waals surface area (Å²) in [4.78, 5) is 0. The van der Waals surface area contributed by atoms with Gasteiger partial charge in [0.1, 0.15) is 6.07 Å². The van der Waals surface area contributed by atoms with E-state index in [1.54, 1.807) is 0 Å². The maximum absolute atomic E-state index is 9.92. The fourth-order valence-corrected chi connectivity index (χ4v) is 6.52. The van der Waals surface area contributed by atoms with Crippen LogP contribution in [0.5, 0.6) is 0 Å². The molecule has 0 saturated carbocycles. The third-order valence-corrected chi connectivity index (χ3v) is 8.40. The first-order valence-electron chi connectivity index (χ1n) is 14.2. The van der Waals surface area contributed by atoms with Gasteiger partial charge in [-0.15, -0.1) is 0 Å². The number of para-hydroxylation sites is 3. The van der Waals surface area contributed by atoms with E-state index in [1.165, 1.54) is 0 Å². The lowest BCUT2D eigenvalue weighted by atomic mass is 9.99. The Hall–Kier alpha value is -6.61. The van der Waals surface area contributed by atoms with Gasteiger partial charge in [0.25, 0.3) is 0 Å². The summed E-state index contributed by atoms with van der Waals surface area (Å²) < 4.78 is 4.35. The van der Waals surface area contributed by atoms with Crippen LogP contribution in [0.3, 0.4) is 0 Å². The van der Waals surface area contributed by atoms with Gasteiger partial charge in [-0.25, -0.2) is 0 Å². The number of nitriles is 3. The van der Waals surface area contributed by atoms with Gasteiger partial charge < -0.3 is 9.13 Å². The third-order valence-electron chi connectivity index (χ3n) is 8.40. The normalized spacial score (nSPS) is 11.1. The van der Waals surface area contributed by atoms with Gasteiger partial charge in [-0.1, -0.05) is 60.7 Å². The van der Waals surface area contributed by atoms with E-state index >= 15 is 0 Å². The molecule has 2 heterocycles. The molecule has 0 fully saturated rings. The lowest BCUT2D eigenvalue weighted by Crippen LogP contribution is -1.97. The molecule has 0 amide bonds. The molecule has 0 bridgehead atoms. The Morgan fingerprint density at radius 3 is 1.98 bits per heavy atom. The smallest absolute Gasteiger partial charge is 0.101 e.